The van der Waals surface area contributed by atoms with Crippen LogP contribution in [0.5, 0.6) is 0 Å². The summed E-state index contributed by atoms with van der Waals surface area (Å²) in [5, 5.41) is 4.75. The lowest BCUT2D eigenvalue weighted by atomic mass is 10.2. The summed E-state index contributed by atoms with van der Waals surface area (Å²) < 4.78 is 15.9. The summed E-state index contributed by atoms with van der Waals surface area (Å²) >= 11 is 3.25. The summed E-state index contributed by atoms with van der Waals surface area (Å²) in [6.07, 6.45) is 0. The summed E-state index contributed by atoms with van der Waals surface area (Å²) in [6.45, 7) is 1.80. The van der Waals surface area contributed by atoms with Crippen molar-refractivity contribution in [2.24, 2.45) is 7.05 Å². The Kier molecular flexibility index (Phi) is 1.87. The molecule has 0 atom stereocenters. The molecule has 0 aliphatic heterocycles. The molecule has 0 radical (unpaired) electrons. The molecule has 4 heteroatoms. The second kappa shape index (κ2) is 2.80. The van der Waals surface area contributed by atoms with Gasteiger partial charge in [0.15, 0.2) is 0 Å². The molecule has 1 aromatic heterocycles. The van der Waals surface area contributed by atoms with E-state index in [2.05, 4.69) is 21.0 Å². The van der Waals surface area contributed by atoms with Gasteiger partial charge in [-0.1, -0.05) is 15.9 Å². The zero-order chi connectivity index (χ0) is 9.59. The van der Waals surface area contributed by atoms with Gasteiger partial charge in [-0.3, -0.25) is 4.68 Å². The smallest absolute Gasteiger partial charge is 0.135 e. The third-order valence-electron chi connectivity index (χ3n) is 2.04. The highest BCUT2D eigenvalue weighted by molar-refractivity contribution is 9.10. The monoisotopic (exact) mass is 242 g/mol. The lowest BCUT2D eigenvalue weighted by molar-refractivity contribution is 0.638. The lowest BCUT2D eigenvalue weighted by Gasteiger charge is -1.96. The van der Waals surface area contributed by atoms with E-state index in [1.807, 2.05) is 6.07 Å². The Morgan fingerprint density at radius 3 is 2.85 bits per heavy atom. The van der Waals surface area contributed by atoms with E-state index in [-0.39, 0.29) is 5.82 Å². The highest BCUT2D eigenvalue weighted by atomic mass is 79.9. The van der Waals surface area contributed by atoms with Gasteiger partial charge in [0, 0.05) is 11.5 Å². The number of fused-ring (bicyclic) bond motifs is 1. The van der Waals surface area contributed by atoms with E-state index in [0.717, 1.165) is 15.7 Å². The van der Waals surface area contributed by atoms with E-state index >= 15 is 0 Å². The number of benzene rings is 1. The van der Waals surface area contributed by atoms with E-state index in [1.54, 1.807) is 18.7 Å². The molecule has 0 unspecified atom stereocenters. The molecule has 0 spiro atoms. The van der Waals surface area contributed by atoms with Gasteiger partial charge in [0.2, 0.25) is 0 Å². The third-order valence-corrected chi connectivity index (χ3v) is 2.50. The molecule has 0 amide bonds. The van der Waals surface area contributed by atoms with Crippen LogP contribution in [0.4, 0.5) is 4.39 Å². The van der Waals surface area contributed by atoms with E-state index < -0.39 is 0 Å². The number of nitrogens with zero attached hydrogens (tertiary/aromatic N) is 2. The SMILES string of the molecule is Cc1nn(C)c2cc(Br)cc(F)c12. The molecule has 0 saturated carbocycles. The topological polar surface area (TPSA) is 17.8 Å². The zero-order valence-corrected chi connectivity index (χ0v) is 8.89. The maximum absolute atomic E-state index is 13.4. The molecule has 1 heterocycles. The Bertz CT molecular complexity index is 476. The molecular formula is C9H8BrFN2. The first kappa shape index (κ1) is 8.69. The highest BCUT2D eigenvalue weighted by Gasteiger charge is 2.10. The van der Waals surface area contributed by atoms with E-state index in [0.29, 0.717) is 5.39 Å². The minimum absolute atomic E-state index is 0.227. The second-order valence-corrected chi connectivity index (χ2v) is 3.91. The molecule has 0 bridgehead atoms. The Morgan fingerprint density at radius 1 is 1.46 bits per heavy atom. The van der Waals surface area contributed by atoms with Crippen molar-refractivity contribution in [2.75, 3.05) is 0 Å². The number of aromatic nitrogens is 2. The Morgan fingerprint density at radius 2 is 2.15 bits per heavy atom. The van der Waals surface area contributed by atoms with Crippen molar-refractivity contribution in [3.63, 3.8) is 0 Å². The largest absolute Gasteiger partial charge is 0.268 e. The van der Waals surface area contributed by atoms with Crippen LogP contribution in [0.1, 0.15) is 5.69 Å². The van der Waals surface area contributed by atoms with Crippen molar-refractivity contribution in [1.82, 2.24) is 9.78 Å². The fourth-order valence-electron chi connectivity index (χ4n) is 1.50. The minimum atomic E-state index is -0.227. The normalized spacial score (nSPS) is 11.1. The summed E-state index contributed by atoms with van der Waals surface area (Å²) in [5.41, 5.74) is 1.53. The van der Waals surface area contributed by atoms with Crippen molar-refractivity contribution < 1.29 is 4.39 Å². The summed E-state index contributed by atoms with van der Waals surface area (Å²) in [4.78, 5) is 0. The second-order valence-electron chi connectivity index (χ2n) is 2.99. The van der Waals surface area contributed by atoms with Crippen LogP contribution in [0.2, 0.25) is 0 Å². The van der Waals surface area contributed by atoms with Gasteiger partial charge in [0.05, 0.1) is 16.6 Å². The predicted octanol–water partition coefficient (Wildman–Crippen LogP) is 2.78. The van der Waals surface area contributed by atoms with Crippen LogP contribution in [0.25, 0.3) is 10.9 Å². The molecule has 2 rings (SSSR count). The van der Waals surface area contributed by atoms with Crippen molar-refractivity contribution in [1.29, 1.82) is 0 Å². The summed E-state index contributed by atoms with van der Waals surface area (Å²) in [7, 11) is 1.81. The maximum atomic E-state index is 13.4. The van der Waals surface area contributed by atoms with Gasteiger partial charge in [-0.25, -0.2) is 4.39 Å². The van der Waals surface area contributed by atoms with Crippen LogP contribution < -0.4 is 0 Å². The van der Waals surface area contributed by atoms with Gasteiger partial charge in [0.1, 0.15) is 5.82 Å². The Balaban J connectivity index is 2.97. The standard InChI is InChI=1S/C9H8BrFN2/c1-5-9-7(11)3-6(10)4-8(9)13(2)12-5/h3-4H,1-2H3. The highest BCUT2D eigenvalue weighted by Crippen LogP contribution is 2.25. The maximum Gasteiger partial charge on any atom is 0.135 e. The molecular weight excluding hydrogens is 235 g/mol. The van der Waals surface area contributed by atoms with Gasteiger partial charge in [-0.05, 0) is 19.1 Å². The van der Waals surface area contributed by atoms with Crippen molar-refractivity contribution in [2.45, 2.75) is 6.92 Å². The molecule has 2 aromatic rings. The Hall–Kier alpha value is -0.900. The fourth-order valence-corrected chi connectivity index (χ4v) is 1.92. The van der Waals surface area contributed by atoms with Gasteiger partial charge in [-0.15, -0.1) is 0 Å². The van der Waals surface area contributed by atoms with E-state index in [1.165, 1.54) is 6.07 Å². The predicted molar refractivity (Wildman–Crippen MR) is 53.1 cm³/mol. The molecule has 68 valence electrons. The molecule has 13 heavy (non-hydrogen) atoms. The average molecular weight is 243 g/mol. The number of hydrogen-bond donors (Lipinski definition) is 0. The summed E-state index contributed by atoms with van der Waals surface area (Å²) in [6, 6.07) is 3.31. The fraction of sp³-hybridized carbons (Fsp3) is 0.222. The van der Waals surface area contributed by atoms with Gasteiger partial charge in [-0.2, -0.15) is 5.10 Å². The van der Waals surface area contributed by atoms with Gasteiger partial charge >= 0.3 is 0 Å². The van der Waals surface area contributed by atoms with Crippen molar-refractivity contribution in [3.8, 4) is 0 Å². The van der Waals surface area contributed by atoms with E-state index in [4.69, 9.17) is 0 Å². The van der Waals surface area contributed by atoms with Crippen LogP contribution in [-0.4, -0.2) is 9.78 Å². The quantitative estimate of drug-likeness (QED) is 0.695. The minimum Gasteiger partial charge on any atom is -0.268 e. The Labute approximate surface area is 83.5 Å². The molecule has 0 saturated heterocycles. The number of halogens is 2. The van der Waals surface area contributed by atoms with Crippen LogP contribution in [0.3, 0.4) is 0 Å². The third kappa shape index (κ3) is 1.25. The first-order valence-corrected chi connectivity index (χ1v) is 4.67. The molecule has 2 nitrogen and oxygen atoms in total. The van der Waals surface area contributed by atoms with Crippen LogP contribution in [0, 0.1) is 12.7 Å². The van der Waals surface area contributed by atoms with Gasteiger partial charge < -0.3 is 0 Å². The van der Waals surface area contributed by atoms with Crippen LogP contribution >= 0.6 is 15.9 Å². The number of aryl methyl sites for hydroxylation is 2. The molecule has 1 aromatic carbocycles. The van der Waals surface area contributed by atoms with Gasteiger partial charge in [0.25, 0.3) is 0 Å². The molecule has 0 aliphatic carbocycles. The number of rotatable bonds is 0. The van der Waals surface area contributed by atoms with Crippen LogP contribution in [-0.2, 0) is 7.05 Å². The molecule has 0 aliphatic rings. The van der Waals surface area contributed by atoms with Crippen LogP contribution in [0.15, 0.2) is 16.6 Å². The summed E-state index contributed by atoms with van der Waals surface area (Å²) in [5.74, 6) is -0.227. The van der Waals surface area contributed by atoms with Crippen molar-refractivity contribution in [3.05, 3.63) is 28.1 Å². The molecule has 0 fully saturated rings. The first-order valence-electron chi connectivity index (χ1n) is 3.88. The number of hydrogen-bond acceptors (Lipinski definition) is 1. The zero-order valence-electron chi connectivity index (χ0n) is 7.31. The van der Waals surface area contributed by atoms with Crippen molar-refractivity contribution >= 4 is 26.8 Å². The lowest BCUT2D eigenvalue weighted by Crippen LogP contribution is -1.89. The first-order chi connectivity index (χ1) is 6.09. The molecule has 0 N–H and O–H groups in total. The van der Waals surface area contributed by atoms with E-state index in [9.17, 15) is 4.39 Å². The average Bonchev–Trinajstić information content (AvgIpc) is 2.27.